The largest absolute Gasteiger partial charge is 0.454 e. The van der Waals surface area contributed by atoms with Gasteiger partial charge in [-0.15, -0.1) is 0 Å². The molecule has 12 heteroatoms. The lowest BCUT2D eigenvalue weighted by Gasteiger charge is -2.07. The van der Waals surface area contributed by atoms with Crippen molar-refractivity contribution in [3.05, 3.63) is 62.3 Å². The summed E-state index contributed by atoms with van der Waals surface area (Å²) < 4.78 is 4.72. The molecule has 0 fully saturated rings. The van der Waals surface area contributed by atoms with Crippen molar-refractivity contribution < 1.29 is 24.0 Å². The summed E-state index contributed by atoms with van der Waals surface area (Å²) in [5.74, 6) is -2.03. The number of benzene rings is 1. The normalized spacial score (nSPS) is 10.1. The first-order chi connectivity index (χ1) is 13.3. The zero-order chi connectivity index (χ0) is 20.7. The van der Waals surface area contributed by atoms with Crippen molar-refractivity contribution in [3.8, 4) is 0 Å². The molecule has 2 N–H and O–H groups in total. The molecule has 0 radical (unpaired) electrons. The minimum atomic E-state index is -0.879. The van der Waals surface area contributed by atoms with Crippen molar-refractivity contribution in [1.29, 1.82) is 0 Å². The Kier molecular flexibility index (Phi) is 7.24. The third-order valence-corrected chi connectivity index (χ3v) is 3.70. The Morgan fingerprint density at radius 2 is 1.93 bits per heavy atom. The molecule has 0 saturated heterocycles. The quantitative estimate of drug-likeness (QED) is 0.392. The first-order valence-electron chi connectivity index (χ1n) is 7.55. The van der Waals surface area contributed by atoms with E-state index in [1.807, 2.05) is 0 Å². The smallest absolute Gasteiger partial charge is 0.325 e. The Morgan fingerprint density at radius 3 is 2.57 bits per heavy atom. The van der Waals surface area contributed by atoms with Crippen LogP contribution in [-0.4, -0.2) is 40.8 Å². The van der Waals surface area contributed by atoms with E-state index in [1.54, 1.807) is 0 Å². The fourth-order valence-corrected chi connectivity index (χ4v) is 2.17. The minimum Gasteiger partial charge on any atom is -0.454 e. The lowest BCUT2D eigenvalue weighted by atomic mass is 10.2. The molecule has 0 aliphatic heterocycles. The van der Waals surface area contributed by atoms with Crippen LogP contribution in [0.5, 0.6) is 0 Å². The second-order valence-corrected chi connectivity index (χ2v) is 6.02. The van der Waals surface area contributed by atoms with Gasteiger partial charge in [-0.2, -0.15) is 0 Å². The third-order valence-electron chi connectivity index (χ3n) is 3.16. The summed E-state index contributed by atoms with van der Waals surface area (Å²) in [6, 6.07) is 6.43. The fourth-order valence-electron chi connectivity index (χ4n) is 1.87. The molecular weight excluding hydrogens is 415 g/mol. The lowest BCUT2D eigenvalue weighted by molar-refractivity contribution is -0.384. The summed E-state index contributed by atoms with van der Waals surface area (Å²) in [5.41, 5.74) is -0.500. The average Bonchev–Trinajstić information content (AvgIpc) is 2.66. The zero-order valence-electron chi connectivity index (χ0n) is 14.0. The van der Waals surface area contributed by atoms with Crippen LogP contribution in [0.1, 0.15) is 10.4 Å². The number of nitrogens with one attached hydrogen (secondary N) is 2. The van der Waals surface area contributed by atoms with Gasteiger partial charge in [-0.1, -0.05) is 23.2 Å². The molecule has 1 aromatic carbocycles. The number of esters is 1. The van der Waals surface area contributed by atoms with Gasteiger partial charge in [-0.3, -0.25) is 24.5 Å². The van der Waals surface area contributed by atoms with Crippen LogP contribution in [0.3, 0.4) is 0 Å². The number of carbonyl (C=O) groups excluding carboxylic acids is 3. The Balaban J connectivity index is 1.79. The molecule has 0 aliphatic rings. The highest BCUT2D eigenvalue weighted by atomic mass is 35.5. The number of nitrogens with zero attached hydrogens (tertiary/aromatic N) is 2. The number of carbonyl (C=O) groups is 3. The van der Waals surface area contributed by atoms with E-state index in [0.717, 1.165) is 6.07 Å². The standard InChI is InChI=1S/C16H12Cl2N4O6/c17-10-2-4-13(19-6-10)21-14(23)8-28-15(24)7-20-16(25)9-1-3-11(18)12(5-9)22(26)27/h1-6H,7-8H2,(H,20,25)(H,19,21,23). The Hall–Kier alpha value is -3.24. The summed E-state index contributed by atoms with van der Waals surface area (Å²) in [7, 11) is 0. The minimum absolute atomic E-state index is 0.0598. The van der Waals surface area contributed by atoms with Crippen LogP contribution in [0.4, 0.5) is 11.5 Å². The highest BCUT2D eigenvalue weighted by Crippen LogP contribution is 2.24. The number of nitro benzene ring substituents is 1. The maximum atomic E-state index is 12.0. The van der Waals surface area contributed by atoms with Gasteiger partial charge < -0.3 is 15.4 Å². The number of rotatable bonds is 7. The van der Waals surface area contributed by atoms with Crippen LogP contribution in [0.15, 0.2) is 36.5 Å². The van der Waals surface area contributed by atoms with Gasteiger partial charge in [-0.05, 0) is 24.3 Å². The highest BCUT2D eigenvalue weighted by Gasteiger charge is 2.17. The van der Waals surface area contributed by atoms with Crippen LogP contribution >= 0.6 is 23.2 Å². The van der Waals surface area contributed by atoms with Crippen molar-refractivity contribution >= 4 is 52.5 Å². The van der Waals surface area contributed by atoms with Crippen LogP contribution in [0, 0.1) is 10.1 Å². The van der Waals surface area contributed by atoms with E-state index in [9.17, 15) is 24.5 Å². The number of ether oxygens (including phenoxy) is 1. The van der Waals surface area contributed by atoms with Crippen LogP contribution in [-0.2, 0) is 14.3 Å². The van der Waals surface area contributed by atoms with Crippen molar-refractivity contribution in [2.75, 3.05) is 18.5 Å². The topological polar surface area (TPSA) is 141 Å². The number of nitro groups is 1. The predicted octanol–water partition coefficient (Wildman–Crippen LogP) is 2.21. The molecular formula is C16H12Cl2N4O6. The van der Waals surface area contributed by atoms with Gasteiger partial charge >= 0.3 is 5.97 Å². The van der Waals surface area contributed by atoms with Gasteiger partial charge in [0.05, 0.1) is 9.95 Å². The Labute approximate surface area is 167 Å². The number of pyridine rings is 1. The summed E-state index contributed by atoms with van der Waals surface area (Å²) in [6.45, 7) is -1.13. The Bertz CT molecular complexity index is 920. The summed E-state index contributed by atoms with van der Waals surface area (Å²) >= 11 is 11.3. The molecule has 2 rings (SSSR count). The average molecular weight is 427 g/mol. The Morgan fingerprint density at radius 1 is 1.18 bits per heavy atom. The lowest BCUT2D eigenvalue weighted by Crippen LogP contribution is -2.32. The number of anilines is 1. The molecule has 10 nitrogen and oxygen atoms in total. The van der Waals surface area contributed by atoms with Crippen molar-refractivity contribution in [1.82, 2.24) is 10.3 Å². The molecule has 0 unspecified atom stereocenters. The van der Waals surface area contributed by atoms with Crippen molar-refractivity contribution in [3.63, 3.8) is 0 Å². The SMILES string of the molecule is O=C(COC(=O)CNC(=O)c1ccc(Cl)c([N+](=O)[O-])c1)Nc1ccc(Cl)cn1. The predicted molar refractivity (Wildman–Crippen MR) is 99.3 cm³/mol. The highest BCUT2D eigenvalue weighted by molar-refractivity contribution is 6.32. The van der Waals surface area contributed by atoms with Crippen molar-refractivity contribution in [2.24, 2.45) is 0 Å². The number of hydrogen-bond donors (Lipinski definition) is 2. The van der Waals surface area contributed by atoms with E-state index in [0.29, 0.717) is 5.02 Å². The zero-order valence-corrected chi connectivity index (χ0v) is 15.5. The van der Waals surface area contributed by atoms with Gasteiger partial charge in [0.1, 0.15) is 17.4 Å². The summed E-state index contributed by atoms with van der Waals surface area (Å²) in [4.78, 5) is 49.2. The third kappa shape index (κ3) is 6.18. The van der Waals surface area contributed by atoms with Crippen molar-refractivity contribution in [2.45, 2.75) is 0 Å². The van der Waals surface area contributed by atoms with E-state index < -0.39 is 41.5 Å². The second kappa shape index (κ2) is 9.62. The molecule has 146 valence electrons. The fraction of sp³-hybridized carbons (Fsp3) is 0.125. The molecule has 0 bridgehead atoms. The first-order valence-corrected chi connectivity index (χ1v) is 8.31. The molecule has 0 saturated carbocycles. The van der Waals surface area contributed by atoms with Gasteiger partial charge in [0.25, 0.3) is 17.5 Å². The van der Waals surface area contributed by atoms with E-state index in [2.05, 4.69) is 15.6 Å². The maximum Gasteiger partial charge on any atom is 0.325 e. The molecule has 2 amide bonds. The van der Waals surface area contributed by atoms with E-state index in [4.69, 9.17) is 27.9 Å². The molecule has 0 atom stereocenters. The van der Waals surface area contributed by atoms with Gasteiger partial charge in [0.15, 0.2) is 6.61 Å². The molecule has 0 spiro atoms. The number of amides is 2. The summed E-state index contributed by atoms with van der Waals surface area (Å²) in [5, 5.41) is 15.7. The van der Waals surface area contributed by atoms with Crippen LogP contribution in [0.2, 0.25) is 10.0 Å². The molecule has 28 heavy (non-hydrogen) atoms. The molecule has 1 heterocycles. The van der Waals surface area contributed by atoms with E-state index in [1.165, 1.54) is 30.5 Å². The van der Waals surface area contributed by atoms with E-state index >= 15 is 0 Å². The van der Waals surface area contributed by atoms with Gasteiger partial charge in [0, 0.05) is 17.8 Å². The van der Waals surface area contributed by atoms with Crippen LogP contribution in [0.25, 0.3) is 0 Å². The van der Waals surface area contributed by atoms with Crippen LogP contribution < -0.4 is 10.6 Å². The monoisotopic (exact) mass is 426 g/mol. The summed E-state index contributed by atoms with van der Waals surface area (Å²) in [6.07, 6.45) is 1.33. The van der Waals surface area contributed by atoms with Gasteiger partial charge in [0.2, 0.25) is 0 Å². The molecule has 0 aliphatic carbocycles. The number of halogens is 2. The first kappa shape index (κ1) is 21.1. The van der Waals surface area contributed by atoms with E-state index in [-0.39, 0.29) is 16.4 Å². The number of aromatic nitrogens is 1. The second-order valence-electron chi connectivity index (χ2n) is 5.18. The molecule has 1 aromatic heterocycles. The molecule has 2 aromatic rings. The maximum absolute atomic E-state index is 12.0. The van der Waals surface area contributed by atoms with Gasteiger partial charge in [-0.25, -0.2) is 4.98 Å². The number of hydrogen-bond acceptors (Lipinski definition) is 7.